The van der Waals surface area contributed by atoms with Crippen molar-refractivity contribution >= 4 is 15.7 Å². The van der Waals surface area contributed by atoms with Gasteiger partial charge in [-0.25, -0.2) is 8.42 Å². The largest absolute Gasteiger partial charge is 0.464 e. The second-order valence-corrected chi connectivity index (χ2v) is 6.58. The predicted octanol–water partition coefficient (Wildman–Crippen LogP) is 2.18. The SMILES string of the molecule is Cc1ccc(N(C)S(=O)(=O)c2cc(CN)oc2C)cc1. The zero-order valence-electron chi connectivity index (χ0n) is 11.8. The zero-order valence-corrected chi connectivity index (χ0v) is 12.6. The molecule has 0 aliphatic carbocycles. The number of hydrogen-bond donors (Lipinski definition) is 1. The summed E-state index contributed by atoms with van der Waals surface area (Å²) in [7, 11) is -2.12. The van der Waals surface area contributed by atoms with E-state index in [0.29, 0.717) is 17.2 Å². The van der Waals surface area contributed by atoms with E-state index in [1.54, 1.807) is 19.1 Å². The van der Waals surface area contributed by atoms with Gasteiger partial charge in [-0.1, -0.05) is 17.7 Å². The molecule has 1 aromatic carbocycles. The van der Waals surface area contributed by atoms with Crippen molar-refractivity contribution in [3.63, 3.8) is 0 Å². The maximum absolute atomic E-state index is 12.6. The molecule has 6 heteroatoms. The minimum Gasteiger partial charge on any atom is -0.464 e. The molecule has 1 heterocycles. The van der Waals surface area contributed by atoms with E-state index in [4.69, 9.17) is 10.2 Å². The first-order valence-electron chi connectivity index (χ1n) is 6.21. The summed E-state index contributed by atoms with van der Waals surface area (Å²) < 4.78 is 31.8. The van der Waals surface area contributed by atoms with Crippen LogP contribution in [0.1, 0.15) is 17.1 Å². The Morgan fingerprint density at radius 2 is 1.80 bits per heavy atom. The third-order valence-electron chi connectivity index (χ3n) is 3.16. The fourth-order valence-electron chi connectivity index (χ4n) is 1.92. The Balaban J connectivity index is 2.43. The summed E-state index contributed by atoms with van der Waals surface area (Å²) in [6.07, 6.45) is 0. The van der Waals surface area contributed by atoms with Crippen molar-refractivity contribution < 1.29 is 12.8 Å². The Morgan fingerprint density at radius 3 is 2.30 bits per heavy atom. The lowest BCUT2D eigenvalue weighted by molar-refractivity contribution is 0.479. The van der Waals surface area contributed by atoms with Crippen LogP contribution >= 0.6 is 0 Å². The molecule has 0 radical (unpaired) electrons. The van der Waals surface area contributed by atoms with Crippen molar-refractivity contribution in [1.29, 1.82) is 0 Å². The van der Waals surface area contributed by atoms with Crippen LogP contribution in [0.4, 0.5) is 5.69 Å². The van der Waals surface area contributed by atoms with Crippen LogP contribution in [0.15, 0.2) is 39.6 Å². The van der Waals surface area contributed by atoms with Crippen LogP contribution in [0, 0.1) is 13.8 Å². The van der Waals surface area contributed by atoms with E-state index in [-0.39, 0.29) is 11.4 Å². The molecule has 0 saturated heterocycles. The number of sulfonamides is 1. The van der Waals surface area contributed by atoms with Gasteiger partial charge in [-0.05, 0) is 26.0 Å². The highest BCUT2D eigenvalue weighted by molar-refractivity contribution is 7.92. The number of rotatable bonds is 4. The van der Waals surface area contributed by atoms with Gasteiger partial charge in [0.1, 0.15) is 16.4 Å². The van der Waals surface area contributed by atoms with Crippen LogP contribution in [0.2, 0.25) is 0 Å². The normalized spacial score (nSPS) is 11.6. The number of nitrogens with zero attached hydrogens (tertiary/aromatic N) is 1. The fraction of sp³-hybridized carbons (Fsp3) is 0.286. The van der Waals surface area contributed by atoms with Gasteiger partial charge >= 0.3 is 0 Å². The number of aryl methyl sites for hydroxylation is 2. The van der Waals surface area contributed by atoms with E-state index in [2.05, 4.69) is 0 Å². The molecule has 108 valence electrons. The summed E-state index contributed by atoms with van der Waals surface area (Å²) in [5.74, 6) is 0.808. The monoisotopic (exact) mass is 294 g/mol. The van der Waals surface area contributed by atoms with Gasteiger partial charge in [-0.15, -0.1) is 0 Å². The lowest BCUT2D eigenvalue weighted by Crippen LogP contribution is -2.26. The molecule has 0 fully saturated rings. The molecule has 2 rings (SSSR count). The highest BCUT2D eigenvalue weighted by Crippen LogP contribution is 2.26. The van der Waals surface area contributed by atoms with Gasteiger partial charge in [0, 0.05) is 13.1 Å². The summed E-state index contributed by atoms with van der Waals surface area (Å²) in [4.78, 5) is 0.154. The highest BCUT2D eigenvalue weighted by atomic mass is 32.2. The van der Waals surface area contributed by atoms with Crippen molar-refractivity contribution in [2.75, 3.05) is 11.4 Å². The van der Waals surface area contributed by atoms with E-state index in [9.17, 15) is 8.42 Å². The fourth-order valence-corrected chi connectivity index (χ4v) is 3.30. The molecule has 1 aromatic heterocycles. The molecular weight excluding hydrogens is 276 g/mol. The van der Waals surface area contributed by atoms with Crippen molar-refractivity contribution in [3.8, 4) is 0 Å². The van der Waals surface area contributed by atoms with E-state index in [1.807, 2.05) is 19.1 Å². The Bertz CT molecular complexity index is 703. The van der Waals surface area contributed by atoms with E-state index in [1.165, 1.54) is 17.4 Å². The van der Waals surface area contributed by atoms with Crippen molar-refractivity contribution in [2.45, 2.75) is 25.3 Å². The summed E-state index contributed by atoms with van der Waals surface area (Å²) in [5, 5.41) is 0. The highest BCUT2D eigenvalue weighted by Gasteiger charge is 2.26. The molecule has 20 heavy (non-hydrogen) atoms. The average Bonchev–Trinajstić information content (AvgIpc) is 2.81. The zero-order chi connectivity index (χ0) is 14.9. The number of furan rings is 1. The Kier molecular flexibility index (Phi) is 3.87. The summed E-state index contributed by atoms with van der Waals surface area (Å²) >= 11 is 0. The first kappa shape index (κ1) is 14.6. The molecule has 5 nitrogen and oxygen atoms in total. The predicted molar refractivity (Wildman–Crippen MR) is 78.1 cm³/mol. The van der Waals surface area contributed by atoms with Crippen LogP contribution in [0.3, 0.4) is 0 Å². The number of hydrogen-bond acceptors (Lipinski definition) is 4. The Labute approximate surface area is 119 Å². The van der Waals surface area contributed by atoms with Crippen LogP contribution in [0.25, 0.3) is 0 Å². The second kappa shape index (κ2) is 5.30. The molecule has 0 bridgehead atoms. The average molecular weight is 294 g/mol. The molecule has 0 aliphatic rings. The van der Waals surface area contributed by atoms with Gasteiger partial charge in [0.05, 0.1) is 12.2 Å². The first-order valence-corrected chi connectivity index (χ1v) is 7.65. The lowest BCUT2D eigenvalue weighted by Gasteiger charge is -2.19. The molecular formula is C14H18N2O3S. The van der Waals surface area contributed by atoms with E-state index in [0.717, 1.165) is 5.56 Å². The summed E-state index contributed by atoms with van der Waals surface area (Å²) in [5.41, 5.74) is 7.15. The van der Waals surface area contributed by atoms with Gasteiger partial charge in [0.15, 0.2) is 0 Å². The van der Waals surface area contributed by atoms with Crippen LogP contribution in [0.5, 0.6) is 0 Å². The molecule has 0 aliphatic heterocycles. The van der Waals surface area contributed by atoms with Crippen LogP contribution < -0.4 is 10.0 Å². The minimum absolute atomic E-state index is 0.154. The summed E-state index contributed by atoms with van der Waals surface area (Å²) in [6, 6.07) is 8.76. The maximum Gasteiger partial charge on any atom is 0.267 e. The standard InChI is InChI=1S/C14H18N2O3S/c1-10-4-6-12(7-5-10)16(3)20(17,18)14-8-13(9-15)19-11(14)2/h4-8H,9,15H2,1-3H3. The van der Waals surface area contributed by atoms with Gasteiger partial charge in [-0.3, -0.25) is 4.31 Å². The number of nitrogens with two attached hydrogens (primary N) is 1. The third-order valence-corrected chi connectivity index (χ3v) is 5.05. The smallest absolute Gasteiger partial charge is 0.267 e. The van der Waals surface area contributed by atoms with Gasteiger partial charge in [-0.2, -0.15) is 0 Å². The van der Waals surface area contributed by atoms with Crippen molar-refractivity contribution in [2.24, 2.45) is 5.73 Å². The quantitative estimate of drug-likeness (QED) is 0.937. The van der Waals surface area contributed by atoms with E-state index >= 15 is 0 Å². The first-order chi connectivity index (χ1) is 9.36. The second-order valence-electron chi connectivity index (χ2n) is 4.65. The molecule has 2 aromatic rings. The lowest BCUT2D eigenvalue weighted by atomic mass is 10.2. The van der Waals surface area contributed by atoms with Crippen molar-refractivity contribution in [1.82, 2.24) is 0 Å². The number of anilines is 1. The molecule has 0 atom stereocenters. The van der Waals surface area contributed by atoms with Crippen LogP contribution in [-0.4, -0.2) is 15.5 Å². The van der Waals surface area contributed by atoms with Gasteiger partial charge in [0.2, 0.25) is 0 Å². The van der Waals surface area contributed by atoms with Gasteiger partial charge in [0.25, 0.3) is 10.0 Å². The summed E-state index contributed by atoms with van der Waals surface area (Å²) in [6.45, 7) is 3.74. The third kappa shape index (κ3) is 2.57. The molecule has 0 saturated carbocycles. The topological polar surface area (TPSA) is 76.5 Å². The van der Waals surface area contributed by atoms with Gasteiger partial charge < -0.3 is 10.2 Å². The molecule has 0 spiro atoms. The van der Waals surface area contributed by atoms with Crippen LogP contribution in [-0.2, 0) is 16.6 Å². The minimum atomic E-state index is -3.64. The maximum atomic E-state index is 12.6. The molecule has 2 N–H and O–H groups in total. The number of benzene rings is 1. The van der Waals surface area contributed by atoms with Crippen molar-refractivity contribution in [3.05, 3.63) is 47.4 Å². The Morgan fingerprint density at radius 1 is 1.20 bits per heavy atom. The Hall–Kier alpha value is -1.79. The van der Waals surface area contributed by atoms with E-state index < -0.39 is 10.0 Å². The molecule has 0 amide bonds. The molecule has 0 unspecified atom stereocenters.